The van der Waals surface area contributed by atoms with Crippen LogP contribution in [0.5, 0.6) is 0 Å². The minimum Gasteiger partial charge on any atom is -0.380 e. The van der Waals surface area contributed by atoms with Gasteiger partial charge in [0.2, 0.25) is 0 Å². The van der Waals surface area contributed by atoms with E-state index in [4.69, 9.17) is 10.5 Å². The molecule has 3 heteroatoms. The van der Waals surface area contributed by atoms with Gasteiger partial charge in [-0.3, -0.25) is 4.90 Å². The monoisotopic (exact) mass is 274 g/mol. The van der Waals surface area contributed by atoms with Crippen molar-refractivity contribution in [3.63, 3.8) is 0 Å². The number of benzene rings is 1. The fraction of sp³-hybridized carbons (Fsp3) is 0.529. The van der Waals surface area contributed by atoms with Crippen molar-refractivity contribution >= 4 is 0 Å². The van der Waals surface area contributed by atoms with Crippen molar-refractivity contribution in [3.8, 4) is 0 Å². The molecule has 2 rings (SSSR count). The summed E-state index contributed by atoms with van der Waals surface area (Å²) >= 11 is 0. The first-order valence-corrected chi connectivity index (χ1v) is 7.46. The quantitative estimate of drug-likeness (QED) is 0.775. The standard InChI is InChI=1S/C17H26N2O/c1-20-14-16-9-11-19(12-10-16)13-17(18)8-7-15-5-3-2-4-6-15/h2-6,9,17H,7-8,10-14,18H2,1H3. The summed E-state index contributed by atoms with van der Waals surface area (Å²) in [5.41, 5.74) is 9.06. The van der Waals surface area contributed by atoms with Gasteiger partial charge in [-0.05, 0) is 30.4 Å². The molecule has 0 saturated carbocycles. The van der Waals surface area contributed by atoms with Crippen molar-refractivity contribution in [2.45, 2.75) is 25.3 Å². The highest BCUT2D eigenvalue weighted by atomic mass is 16.5. The van der Waals surface area contributed by atoms with E-state index in [-0.39, 0.29) is 6.04 Å². The Morgan fingerprint density at radius 1 is 1.30 bits per heavy atom. The van der Waals surface area contributed by atoms with Crippen LogP contribution in [0.1, 0.15) is 18.4 Å². The smallest absolute Gasteiger partial charge is 0.0673 e. The summed E-state index contributed by atoms with van der Waals surface area (Å²) in [6, 6.07) is 10.8. The SMILES string of the molecule is COCC1=CCN(CC(N)CCc2ccccc2)CC1. The Morgan fingerprint density at radius 3 is 2.75 bits per heavy atom. The van der Waals surface area contributed by atoms with Crippen LogP contribution in [-0.4, -0.2) is 44.3 Å². The lowest BCUT2D eigenvalue weighted by Crippen LogP contribution is -2.40. The molecule has 1 heterocycles. The molecule has 0 amide bonds. The molecule has 1 unspecified atom stereocenters. The van der Waals surface area contributed by atoms with Gasteiger partial charge in [-0.1, -0.05) is 36.4 Å². The van der Waals surface area contributed by atoms with Gasteiger partial charge in [0.05, 0.1) is 6.61 Å². The van der Waals surface area contributed by atoms with Crippen LogP contribution in [0, 0.1) is 0 Å². The van der Waals surface area contributed by atoms with E-state index in [2.05, 4.69) is 41.3 Å². The highest BCUT2D eigenvalue weighted by molar-refractivity contribution is 5.14. The summed E-state index contributed by atoms with van der Waals surface area (Å²) in [7, 11) is 1.76. The molecular formula is C17H26N2O. The molecule has 0 fully saturated rings. The average Bonchev–Trinajstić information content (AvgIpc) is 2.49. The third-order valence-electron chi connectivity index (χ3n) is 3.86. The van der Waals surface area contributed by atoms with Crippen LogP contribution in [0.3, 0.4) is 0 Å². The van der Waals surface area contributed by atoms with Crippen molar-refractivity contribution in [1.29, 1.82) is 0 Å². The molecule has 20 heavy (non-hydrogen) atoms. The second-order valence-corrected chi connectivity index (χ2v) is 5.59. The van der Waals surface area contributed by atoms with Gasteiger partial charge in [0.15, 0.2) is 0 Å². The first kappa shape index (κ1) is 15.2. The first-order valence-electron chi connectivity index (χ1n) is 7.46. The Labute approximate surface area is 122 Å². The van der Waals surface area contributed by atoms with Crippen LogP contribution in [0.15, 0.2) is 42.0 Å². The molecular weight excluding hydrogens is 248 g/mol. The molecule has 1 aliphatic heterocycles. The fourth-order valence-electron chi connectivity index (χ4n) is 2.66. The summed E-state index contributed by atoms with van der Waals surface area (Å²) < 4.78 is 5.17. The third kappa shape index (κ3) is 5.08. The van der Waals surface area contributed by atoms with Gasteiger partial charge in [0.25, 0.3) is 0 Å². The maximum atomic E-state index is 6.26. The molecule has 1 aromatic carbocycles. The van der Waals surface area contributed by atoms with Gasteiger partial charge >= 0.3 is 0 Å². The number of ether oxygens (including phenoxy) is 1. The van der Waals surface area contributed by atoms with Crippen molar-refractivity contribution in [2.75, 3.05) is 33.4 Å². The molecule has 1 atom stereocenters. The lowest BCUT2D eigenvalue weighted by atomic mass is 10.0. The largest absolute Gasteiger partial charge is 0.380 e. The van der Waals surface area contributed by atoms with Crippen molar-refractivity contribution in [2.24, 2.45) is 5.73 Å². The van der Waals surface area contributed by atoms with Gasteiger partial charge in [0.1, 0.15) is 0 Å². The van der Waals surface area contributed by atoms with E-state index >= 15 is 0 Å². The maximum Gasteiger partial charge on any atom is 0.0673 e. The van der Waals surface area contributed by atoms with Gasteiger partial charge in [-0.2, -0.15) is 0 Å². The van der Waals surface area contributed by atoms with E-state index in [1.165, 1.54) is 11.1 Å². The van der Waals surface area contributed by atoms with E-state index in [1.54, 1.807) is 7.11 Å². The molecule has 3 nitrogen and oxygen atoms in total. The number of rotatable bonds is 7. The number of nitrogens with zero attached hydrogens (tertiary/aromatic N) is 1. The molecule has 110 valence electrons. The summed E-state index contributed by atoms with van der Waals surface area (Å²) in [5, 5.41) is 0. The summed E-state index contributed by atoms with van der Waals surface area (Å²) in [6.45, 7) is 3.88. The normalized spacial score (nSPS) is 17.8. The molecule has 1 aromatic rings. The van der Waals surface area contributed by atoms with E-state index < -0.39 is 0 Å². The molecule has 0 bridgehead atoms. The summed E-state index contributed by atoms with van der Waals surface area (Å²) in [5.74, 6) is 0. The lowest BCUT2D eigenvalue weighted by Gasteiger charge is -2.28. The number of hydrogen-bond acceptors (Lipinski definition) is 3. The number of hydrogen-bond donors (Lipinski definition) is 1. The van der Waals surface area contributed by atoms with Crippen LogP contribution in [0.4, 0.5) is 0 Å². The van der Waals surface area contributed by atoms with Gasteiger partial charge in [0, 0.05) is 32.8 Å². The lowest BCUT2D eigenvalue weighted by molar-refractivity contribution is 0.209. The minimum atomic E-state index is 0.257. The Kier molecular flexibility index (Phi) is 6.25. The van der Waals surface area contributed by atoms with Gasteiger partial charge < -0.3 is 10.5 Å². The molecule has 1 aliphatic rings. The molecule has 0 aliphatic carbocycles. The van der Waals surface area contributed by atoms with Gasteiger partial charge in [-0.25, -0.2) is 0 Å². The zero-order valence-electron chi connectivity index (χ0n) is 12.4. The Balaban J connectivity index is 1.69. The van der Waals surface area contributed by atoms with Crippen LogP contribution < -0.4 is 5.73 Å². The third-order valence-corrected chi connectivity index (χ3v) is 3.86. The molecule has 0 aromatic heterocycles. The van der Waals surface area contributed by atoms with E-state index in [9.17, 15) is 0 Å². The second kappa shape index (κ2) is 8.20. The average molecular weight is 274 g/mol. The number of methoxy groups -OCH3 is 1. The van der Waals surface area contributed by atoms with Crippen LogP contribution in [0.25, 0.3) is 0 Å². The predicted octanol–water partition coefficient (Wildman–Crippen LogP) is 2.22. The molecule has 0 saturated heterocycles. The summed E-state index contributed by atoms with van der Waals surface area (Å²) in [4.78, 5) is 2.44. The number of aryl methyl sites for hydroxylation is 1. The zero-order valence-corrected chi connectivity index (χ0v) is 12.4. The predicted molar refractivity (Wildman–Crippen MR) is 83.8 cm³/mol. The first-order chi connectivity index (χ1) is 9.78. The zero-order chi connectivity index (χ0) is 14.2. The summed E-state index contributed by atoms with van der Waals surface area (Å²) in [6.07, 6.45) is 5.52. The fourth-order valence-corrected chi connectivity index (χ4v) is 2.66. The second-order valence-electron chi connectivity index (χ2n) is 5.59. The van der Waals surface area contributed by atoms with E-state index in [0.717, 1.165) is 45.5 Å². The number of nitrogens with two attached hydrogens (primary N) is 1. The highest BCUT2D eigenvalue weighted by Crippen LogP contribution is 2.12. The topological polar surface area (TPSA) is 38.5 Å². The minimum absolute atomic E-state index is 0.257. The maximum absolute atomic E-state index is 6.26. The highest BCUT2D eigenvalue weighted by Gasteiger charge is 2.14. The molecule has 0 spiro atoms. The van der Waals surface area contributed by atoms with Crippen LogP contribution in [-0.2, 0) is 11.2 Å². The van der Waals surface area contributed by atoms with Crippen LogP contribution in [0.2, 0.25) is 0 Å². The Morgan fingerprint density at radius 2 is 2.10 bits per heavy atom. The molecule has 2 N–H and O–H groups in total. The van der Waals surface area contributed by atoms with Crippen molar-refractivity contribution < 1.29 is 4.74 Å². The Hall–Kier alpha value is -1.16. The van der Waals surface area contributed by atoms with E-state index in [1.807, 2.05) is 0 Å². The molecule has 0 radical (unpaired) electrons. The Bertz CT molecular complexity index is 416. The van der Waals surface area contributed by atoms with Crippen LogP contribution >= 0.6 is 0 Å². The van der Waals surface area contributed by atoms with Gasteiger partial charge in [-0.15, -0.1) is 0 Å². The van der Waals surface area contributed by atoms with E-state index in [0.29, 0.717) is 0 Å². The van der Waals surface area contributed by atoms with Crippen molar-refractivity contribution in [3.05, 3.63) is 47.5 Å². The van der Waals surface area contributed by atoms with Crippen molar-refractivity contribution in [1.82, 2.24) is 4.90 Å².